The van der Waals surface area contributed by atoms with Gasteiger partial charge < -0.3 is 4.74 Å². The average Bonchev–Trinajstić information content (AvgIpc) is 2.67. The molecule has 0 amide bonds. The number of benzene rings is 2. The lowest BCUT2D eigenvalue weighted by molar-refractivity contribution is 0.310. The highest BCUT2D eigenvalue weighted by Crippen LogP contribution is 2.42. The summed E-state index contributed by atoms with van der Waals surface area (Å²) < 4.78 is 117. The van der Waals surface area contributed by atoms with Gasteiger partial charge in [0.2, 0.25) is 34.8 Å². The van der Waals surface area contributed by atoms with Crippen LogP contribution in [0.25, 0.3) is 0 Å². The Hall–Kier alpha value is -1.59. The summed E-state index contributed by atoms with van der Waals surface area (Å²) >= 11 is 0.965. The maximum atomic E-state index is 14.7. The van der Waals surface area contributed by atoms with E-state index >= 15 is 0 Å². The van der Waals surface area contributed by atoms with Gasteiger partial charge in [-0.2, -0.15) is 17.6 Å². The second-order valence-electron chi connectivity index (χ2n) is 7.48. The van der Waals surface area contributed by atoms with Crippen molar-refractivity contribution in [1.29, 1.82) is 0 Å². The first-order chi connectivity index (χ1) is 13.8. The van der Waals surface area contributed by atoms with Crippen molar-refractivity contribution in [3.8, 4) is 11.5 Å². The zero-order valence-electron chi connectivity index (χ0n) is 16.2. The van der Waals surface area contributed by atoms with E-state index in [9.17, 15) is 35.1 Å². The van der Waals surface area contributed by atoms with Gasteiger partial charge in [0.1, 0.15) is 0 Å². The fourth-order valence-corrected chi connectivity index (χ4v) is 3.52. The molecule has 0 N–H and O–H groups in total. The van der Waals surface area contributed by atoms with Crippen LogP contribution in [-0.4, -0.2) is 0 Å². The van der Waals surface area contributed by atoms with Crippen LogP contribution in [0.15, 0.2) is 0 Å². The fourth-order valence-electron chi connectivity index (χ4n) is 3.05. The number of rotatable bonds is 6. The molecule has 1 nitrogen and oxygen atoms in total. The summed E-state index contributed by atoms with van der Waals surface area (Å²) in [5.74, 6) is -20.9. The molecule has 0 aliphatic carbocycles. The molecule has 0 saturated heterocycles. The van der Waals surface area contributed by atoms with Gasteiger partial charge in [-0.05, 0) is 46.8 Å². The van der Waals surface area contributed by atoms with Crippen LogP contribution in [0.5, 0.6) is 11.5 Å². The molecule has 0 bridgehead atoms. The van der Waals surface area contributed by atoms with Crippen molar-refractivity contribution in [2.24, 2.45) is 11.8 Å². The molecule has 0 aliphatic rings. The monoisotopic (exact) mass is 552 g/mol. The van der Waals surface area contributed by atoms with Gasteiger partial charge in [0, 0.05) is 5.56 Å². The molecule has 0 aromatic heterocycles. The Morgan fingerprint density at radius 2 is 1.00 bits per heavy atom. The van der Waals surface area contributed by atoms with Gasteiger partial charge in [0.05, 0.1) is 3.57 Å². The van der Waals surface area contributed by atoms with E-state index in [0.717, 1.165) is 22.6 Å². The number of ether oxygens (including phenoxy) is 1. The Bertz CT molecular complexity index is 916. The molecule has 1 atom stereocenters. The number of hydrogen-bond acceptors (Lipinski definition) is 1. The van der Waals surface area contributed by atoms with Gasteiger partial charge in [0.15, 0.2) is 23.3 Å². The first kappa shape index (κ1) is 24.7. The summed E-state index contributed by atoms with van der Waals surface area (Å²) in [4.78, 5) is 0. The van der Waals surface area contributed by atoms with Crippen LogP contribution in [0.4, 0.5) is 35.1 Å². The maximum absolute atomic E-state index is 14.7. The third-order valence-corrected chi connectivity index (χ3v) is 5.48. The van der Waals surface area contributed by atoms with Crippen LogP contribution in [0.3, 0.4) is 0 Å². The number of halogens is 9. The second kappa shape index (κ2) is 9.27. The maximum Gasteiger partial charge on any atom is 0.205 e. The van der Waals surface area contributed by atoms with Crippen LogP contribution < -0.4 is 4.74 Å². The average molecular weight is 552 g/mol. The second-order valence-corrected chi connectivity index (χ2v) is 8.56. The number of hydrogen-bond donors (Lipinski definition) is 0. The minimum atomic E-state index is -2.11. The smallest absolute Gasteiger partial charge is 0.205 e. The first-order valence-corrected chi connectivity index (χ1v) is 9.94. The Morgan fingerprint density at radius 1 is 0.633 bits per heavy atom. The summed E-state index contributed by atoms with van der Waals surface area (Å²) in [6.07, 6.45) is 0.196. The summed E-state index contributed by atoms with van der Waals surface area (Å²) in [6.45, 7) is 6.71. The lowest BCUT2D eigenvalue weighted by atomic mass is 9.81. The van der Waals surface area contributed by atoms with Gasteiger partial charge in [-0.1, -0.05) is 27.7 Å². The van der Waals surface area contributed by atoms with Gasteiger partial charge in [-0.25, -0.2) is 17.6 Å². The molecule has 2 rings (SSSR count). The van der Waals surface area contributed by atoms with E-state index in [1.807, 2.05) is 0 Å². The van der Waals surface area contributed by atoms with Crippen LogP contribution in [0.2, 0.25) is 0 Å². The summed E-state index contributed by atoms with van der Waals surface area (Å²) in [6, 6.07) is 0. The highest BCUT2D eigenvalue weighted by Gasteiger charge is 2.34. The standard InChI is InChI=1S/C20H17F8IO/c1-6(2)5-8(7(3)4)9-10(21)14(25)19(15(26)11(9)22)30-20-16(27)12(23)18(29)13(24)17(20)28/h6-8H,5H2,1-4H3. The van der Waals surface area contributed by atoms with Crippen LogP contribution >= 0.6 is 22.6 Å². The Morgan fingerprint density at radius 3 is 1.33 bits per heavy atom. The van der Waals surface area contributed by atoms with Gasteiger partial charge >= 0.3 is 0 Å². The molecular weight excluding hydrogens is 535 g/mol. The largest absolute Gasteiger partial charge is 0.444 e. The third kappa shape index (κ3) is 4.38. The molecule has 0 saturated carbocycles. The van der Waals surface area contributed by atoms with Crippen molar-refractivity contribution < 1.29 is 39.9 Å². The van der Waals surface area contributed by atoms with Crippen molar-refractivity contribution in [2.75, 3.05) is 0 Å². The van der Waals surface area contributed by atoms with Crippen LogP contribution in [-0.2, 0) is 0 Å². The molecule has 166 valence electrons. The van der Waals surface area contributed by atoms with Gasteiger partial charge in [-0.3, -0.25) is 0 Å². The molecular formula is C20H17F8IO. The Labute approximate surface area is 181 Å². The van der Waals surface area contributed by atoms with E-state index < -0.39 is 79.0 Å². The highest BCUT2D eigenvalue weighted by atomic mass is 127. The minimum Gasteiger partial charge on any atom is -0.444 e. The summed E-state index contributed by atoms with van der Waals surface area (Å²) in [5, 5.41) is 0. The summed E-state index contributed by atoms with van der Waals surface area (Å²) in [5.41, 5.74) is -0.873. The van der Waals surface area contributed by atoms with E-state index in [-0.39, 0.29) is 12.3 Å². The highest BCUT2D eigenvalue weighted by molar-refractivity contribution is 14.1. The van der Waals surface area contributed by atoms with Crippen LogP contribution in [0.1, 0.15) is 45.6 Å². The normalized spacial score (nSPS) is 12.8. The Balaban J connectivity index is 2.70. The van der Waals surface area contributed by atoms with Gasteiger partial charge in [-0.15, -0.1) is 0 Å². The van der Waals surface area contributed by atoms with E-state index in [2.05, 4.69) is 4.74 Å². The predicted octanol–water partition coefficient (Wildman–Crippen LogP) is 7.98. The zero-order valence-corrected chi connectivity index (χ0v) is 18.4. The van der Waals surface area contributed by atoms with Crippen molar-refractivity contribution in [2.45, 2.75) is 40.0 Å². The SMILES string of the molecule is CC(C)CC(c1c(F)c(F)c(Oc2c(F)c(F)c(I)c(F)c2F)c(F)c1F)C(C)C. The Kier molecular flexibility index (Phi) is 7.63. The topological polar surface area (TPSA) is 9.23 Å². The van der Waals surface area contributed by atoms with Crippen molar-refractivity contribution in [3.63, 3.8) is 0 Å². The molecule has 10 heteroatoms. The molecule has 0 radical (unpaired) electrons. The third-order valence-electron chi connectivity index (χ3n) is 4.53. The zero-order chi connectivity index (χ0) is 23.1. The molecule has 30 heavy (non-hydrogen) atoms. The van der Waals surface area contributed by atoms with Crippen molar-refractivity contribution in [3.05, 3.63) is 55.7 Å². The van der Waals surface area contributed by atoms with Crippen molar-refractivity contribution in [1.82, 2.24) is 0 Å². The quantitative estimate of drug-likeness (QED) is 0.153. The van der Waals surface area contributed by atoms with Crippen LogP contribution in [0, 0.1) is 61.9 Å². The summed E-state index contributed by atoms with van der Waals surface area (Å²) in [7, 11) is 0. The van der Waals surface area contributed by atoms with E-state index in [1.165, 1.54) is 0 Å². The molecule has 2 aromatic rings. The minimum absolute atomic E-state index is 0.0702. The lowest BCUT2D eigenvalue weighted by Gasteiger charge is -2.25. The molecule has 0 aliphatic heterocycles. The first-order valence-electron chi connectivity index (χ1n) is 8.86. The van der Waals surface area contributed by atoms with Crippen molar-refractivity contribution >= 4 is 22.6 Å². The van der Waals surface area contributed by atoms with E-state index in [0.29, 0.717) is 0 Å². The molecule has 0 fully saturated rings. The fraction of sp³-hybridized carbons (Fsp3) is 0.400. The molecule has 0 spiro atoms. The lowest BCUT2D eigenvalue weighted by Crippen LogP contribution is -2.17. The van der Waals surface area contributed by atoms with E-state index in [4.69, 9.17) is 0 Å². The van der Waals surface area contributed by atoms with Gasteiger partial charge in [0.25, 0.3) is 0 Å². The predicted molar refractivity (Wildman–Crippen MR) is 102 cm³/mol. The molecule has 2 aromatic carbocycles. The molecule has 0 heterocycles. The van der Waals surface area contributed by atoms with E-state index in [1.54, 1.807) is 27.7 Å². The molecule has 1 unspecified atom stereocenters.